The fraction of sp³-hybridized carbons (Fsp3) is 0.600. The quantitative estimate of drug-likeness (QED) is 0.713. The van der Waals surface area contributed by atoms with E-state index >= 15 is 0 Å². The van der Waals surface area contributed by atoms with Gasteiger partial charge in [-0.3, -0.25) is 0 Å². The maximum atomic E-state index is 13.8. The van der Waals surface area contributed by atoms with Gasteiger partial charge in [-0.1, -0.05) is 20.8 Å². The number of nitrogens with zero attached hydrogens (tertiary/aromatic N) is 1. The van der Waals surface area contributed by atoms with Gasteiger partial charge in [-0.05, 0) is 37.6 Å². The van der Waals surface area contributed by atoms with Crippen LogP contribution < -0.4 is 5.32 Å². The van der Waals surface area contributed by atoms with Gasteiger partial charge in [-0.25, -0.2) is 12.8 Å². The Morgan fingerprint density at radius 2 is 1.90 bits per heavy atom. The van der Waals surface area contributed by atoms with E-state index in [0.717, 1.165) is 19.4 Å². The Morgan fingerprint density at radius 3 is 2.48 bits per heavy atom. The Balaban J connectivity index is 3.04. The second-order valence-corrected chi connectivity index (χ2v) is 6.86. The van der Waals surface area contributed by atoms with Crippen molar-refractivity contribution >= 4 is 10.0 Å². The van der Waals surface area contributed by atoms with Gasteiger partial charge in [0, 0.05) is 25.2 Å². The van der Waals surface area contributed by atoms with Crippen LogP contribution in [0.5, 0.6) is 0 Å². The number of sulfonamides is 1. The SMILES string of the molecule is CCCNCc1cc(S(=O)(=O)N(CC)CCC)ccc1F. The molecule has 0 bridgehead atoms. The van der Waals surface area contributed by atoms with Gasteiger partial charge in [0.1, 0.15) is 5.82 Å². The summed E-state index contributed by atoms with van der Waals surface area (Å²) in [6.07, 6.45) is 1.69. The zero-order valence-corrected chi connectivity index (χ0v) is 13.8. The third-order valence-corrected chi connectivity index (χ3v) is 5.19. The van der Waals surface area contributed by atoms with Gasteiger partial charge in [0.05, 0.1) is 4.90 Å². The van der Waals surface area contributed by atoms with Gasteiger partial charge in [0.25, 0.3) is 0 Å². The number of hydrogen-bond acceptors (Lipinski definition) is 3. The highest BCUT2D eigenvalue weighted by Gasteiger charge is 2.23. The zero-order valence-electron chi connectivity index (χ0n) is 13.0. The topological polar surface area (TPSA) is 49.4 Å². The maximum absolute atomic E-state index is 13.8. The highest BCUT2D eigenvalue weighted by atomic mass is 32.2. The molecule has 21 heavy (non-hydrogen) atoms. The van der Waals surface area contributed by atoms with Gasteiger partial charge in [0.15, 0.2) is 0 Å². The van der Waals surface area contributed by atoms with E-state index in [0.29, 0.717) is 25.2 Å². The van der Waals surface area contributed by atoms with Crippen molar-refractivity contribution in [3.63, 3.8) is 0 Å². The van der Waals surface area contributed by atoms with Crippen molar-refractivity contribution in [1.29, 1.82) is 0 Å². The Hall–Kier alpha value is -0.980. The van der Waals surface area contributed by atoms with Crippen molar-refractivity contribution in [2.75, 3.05) is 19.6 Å². The van der Waals surface area contributed by atoms with Crippen LogP contribution in [-0.4, -0.2) is 32.4 Å². The summed E-state index contributed by atoms with van der Waals surface area (Å²) < 4.78 is 40.2. The van der Waals surface area contributed by atoms with Gasteiger partial charge >= 0.3 is 0 Å². The second-order valence-electron chi connectivity index (χ2n) is 4.93. The van der Waals surface area contributed by atoms with Crippen LogP contribution in [0.4, 0.5) is 4.39 Å². The molecule has 120 valence electrons. The van der Waals surface area contributed by atoms with Crippen LogP contribution in [0, 0.1) is 5.82 Å². The smallest absolute Gasteiger partial charge is 0.243 e. The Bertz CT molecular complexity index is 547. The predicted molar refractivity (Wildman–Crippen MR) is 83.1 cm³/mol. The van der Waals surface area contributed by atoms with Crippen LogP contribution in [0.2, 0.25) is 0 Å². The summed E-state index contributed by atoms with van der Waals surface area (Å²) in [4.78, 5) is 0.160. The standard InChI is InChI=1S/C15H25FN2O2S/c1-4-9-17-12-13-11-14(7-8-15(13)16)21(19,20)18(6-3)10-5-2/h7-8,11,17H,4-6,9-10,12H2,1-3H3. The van der Waals surface area contributed by atoms with E-state index < -0.39 is 10.0 Å². The summed E-state index contributed by atoms with van der Waals surface area (Å²) in [6, 6.07) is 4.01. The molecule has 0 aliphatic heterocycles. The molecule has 0 amide bonds. The van der Waals surface area contributed by atoms with Gasteiger partial charge in [-0.2, -0.15) is 4.31 Å². The lowest BCUT2D eigenvalue weighted by molar-refractivity contribution is 0.427. The molecule has 0 spiro atoms. The van der Waals surface area contributed by atoms with E-state index in [1.807, 2.05) is 13.8 Å². The van der Waals surface area contributed by atoms with Gasteiger partial charge in [-0.15, -0.1) is 0 Å². The number of benzene rings is 1. The van der Waals surface area contributed by atoms with Crippen LogP contribution in [0.1, 0.15) is 39.2 Å². The summed E-state index contributed by atoms with van der Waals surface area (Å²) in [5.74, 6) is -0.379. The van der Waals surface area contributed by atoms with E-state index in [-0.39, 0.29) is 10.7 Å². The molecule has 0 atom stereocenters. The van der Waals surface area contributed by atoms with E-state index in [1.54, 1.807) is 6.92 Å². The minimum absolute atomic E-state index is 0.160. The first kappa shape index (κ1) is 18.1. The lowest BCUT2D eigenvalue weighted by atomic mass is 10.2. The molecular weight excluding hydrogens is 291 g/mol. The molecule has 1 rings (SSSR count). The number of hydrogen-bond donors (Lipinski definition) is 1. The van der Waals surface area contributed by atoms with Crippen molar-refractivity contribution in [3.05, 3.63) is 29.6 Å². The highest BCUT2D eigenvalue weighted by Crippen LogP contribution is 2.19. The Morgan fingerprint density at radius 1 is 1.19 bits per heavy atom. The summed E-state index contributed by atoms with van der Waals surface area (Å²) in [5.41, 5.74) is 0.386. The fourth-order valence-electron chi connectivity index (χ4n) is 2.09. The molecule has 1 N–H and O–H groups in total. The van der Waals surface area contributed by atoms with Crippen molar-refractivity contribution in [2.24, 2.45) is 0 Å². The molecule has 4 nitrogen and oxygen atoms in total. The average Bonchev–Trinajstić information content (AvgIpc) is 2.46. The van der Waals surface area contributed by atoms with Gasteiger partial charge < -0.3 is 5.32 Å². The molecule has 0 aliphatic rings. The molecule has 0 radical (unpaired) electrons. The second kappa shape index (κ2) is 8.46. The first-order valence-electron chi connectivity index (χ1n) is 7.46. The first-order chi connectivity index (χ1) is 9.97. The maximum Gasteiger partial charge on any atom is 0.243 e. The number of halogens is 1. The third-order valence-electron chi connectivity index (χ3n) is 3.22. The van der Waals surface area contributed by atoms with Crippen LogP contribution in [0.3, 0.4) is 0 Å². The molecular formula is C15H25FN2O2S. The Labute approximate surface area is 127 Å². The minimum atomic E-state index is -3.54. The van der Waals surface area contributed by atoms with Crippen molar-refractivity contribution < 1.29 is 12.8 Å². The van der Waals surface area contributed by atoms with E-state index in [4.69, 9.17) is 0 Å². The van der Waals surface area contributed by atoms with Gasteiger partial charge in [0.2, 0.25) is 10.0 Å². The summed E-state index contributed by atoms with van der Waals surface area (Å²) >= 11 is 0. The molecule has 1 aromatic carbocycles. The highest BCUT2D eigenvalue weighted by molar-refractivity contribution is 7.89. The molecule has 0 heterocycles. The predicted octanol–water partition coefficient (Wildman–Crippen LogP) is 2.75. The third kappa shape index (κ3) is 4.76. The zero-order chi connectivity index (χ0) is 15.9. The summed E-state index contributed by atoms with van der Waals surface area (Å²) in [7, 11) is -3.54. The molecule has 0 aromatic heterocycles. The van der Waals surface area contributed by atoms with Crippen LogP contribution in [-0.2, 0) is 16.6 Å². The summed E-state index contributed by atoms with van der Waals surface area (Å²) in [6.45, 7) is 7.75. The van der Waals surface area contributed by atoms with Crippen molar-refractivity contribution in [3.8, 4) is 0 Å². The van der Waals surface area contributed by atoms with E-state index in [1.165, 1.54) is 22.5 Å². The molecule has 0 unspecified atom stereocenters. The lowest BCUT2D eigenvalue weighted by Crippen LogP contribution is -2.31. The molecule has 0 saturated heterocycles. The lowest BCUT2D eigenvalue weighted by Gasteiger charge is -2.20. The van der Waals surface area contributed by atoms with Crippen LogP contribution in [0.15, 0.2) is 23.1 Å². The van der Waals surface area contributed by atoms with Crippen LogP contribution in [0.25, 0.3) is 0 Å². The normalized spacial score (nSPS) is 12.0. The first-order valence-corrected chi connectivity index (χ1v) is 8.90. The molecule has 0 fully saturated rings. The van der Waals surface area contributed by atoms with Crippen molar-refractivity contribution in [1.82, 2.24) is 9.62 Å². The van der Waals surface area contributed by atoms with Crippen LogP contribution >= 0.6 is 0 Å². The van der Waals surface area contributed by atoms with E-state index in [9.17, 15) is 12.8 Å². The minimum Gasteiger partial charge on any atom is -0.313 e. The Kier molecular flexibility index (Phi) is 7.28. The summed E-state index contributed by atoms with van der Waals surface area (Å²) in [5, 5.41) is 3.09. The molecule has 0 saturated carbocycles. The monoisotopic (exact) mass is 316 g/mol. The largest absolute Gasteiger partial charge is 0.313 e. The van der Waals surface area contributed by atoms with E-state index in [2.05, 4.69) is 5.32 Å². The number of rotatable bonds is 9. The molecule has 6 heteroatoms. The number of nitrogens with one attached hydrogen (secondary N) is 1. The fourth-order valence-corrected chi connectivity index (χ4v) is 3.69. The van der Waals surface area contributed by atoms with Crippen molar-refractivity contribution in [2.45, 2.75) is 45.1 Å². The molecule has 0 aliphatic carbocycles. The molecule has 1 aromatic rings. The average molecular weight is 316 g/mol.